The first kappa shape index (κ1) is 23.9. The van der Waals surface area contributed by atoms with Crippen molar-refractivity contribution in [2.24, 2.45) is 5.92 Å². The second kappa shape index (κ2) is 9.36. The van der Waals surface area contributed by atoms with Crippen LogP contribution in [0.1, 0.15) is 74.4 Å². The van der Waals surface area contributed by atoms with Crippen LogP contribution in [0.3, 0.4) is 0 Å². The van der Waals surface area contributed by atoms with Gasteiger partial charge in [0.05, 0.1) is 0 Å². The number of carbonyl (C=O) groups is 3. The number of aromatic carboxylic acids is 1. The molecule has 0 aliphatic carbocycles. The monoisotopic (exact) mass is 414 g/mol. The fourth-order valence-corrected chi connectivity index (χ4v) is 3.67. The zero-order chi connectivity index (χ0) is 21.8. The number of aryl methyl sites for hydroxylation is 1. The van der Waals surface area contributed by atoms with E-state index < -0.39 is 29.7 Å². The summed E-state index contributed by atoms with van der Waals surface area (Å²) in [5, 5.41) is 9.65. The average Bonchev–Trinajstić information content (AvgIpc) is 2.90. The number of ether oxygens (including phenoxy) is 2. The summed E-state index contributed by atoms with van der Waals surface area (Å²) in [5.41, 5.74) is -0.691. The normalized spacial score (nSPS) is 13.8. The number of carboxylic acids is 1. The van der Waals surface area contributed by atoms with Crippen LogP contribution in [0.25, 0.3) is 0 Å². The Morgan fingerprint density at radius 3 is 2.21 bits per heavy atom. The van der Waals surface area contributed by atoms with Crippen LogP contribution in [-0.2, 0) is 14.3 Å². The molecule has 0 radical (unpaired) electrons. The molecule has 28 heavy (non-hydrogen) atoms. The Labute approximate surface area is 169 Å². The van der Waals surface area contributed by atoms with E-state index in [0.29, 0.717) is 9.88 Å². The summed E-state index contributed by atoms with van der Waals surface area (Å²) in [7, 11) is 1.64. The van der Waals surface area contributed by atoms with Crippen molar-refractivity contribution in [3.05, 3.63) is 15.6 Å². The minimum atomic E-state index is -1.13. The van der Waals surface area contributed by atoms with Gasteiger partial charge in [-0.2, -0.15) is 0 Å². The highest BCUT2D eigenvalue weighted by atomic mass is 32.1. The van der Waals surface area contributed by atoms with Crippen LogP contribution in [-0.4, -0.2) is 51.7 Å². The predicted molar refractivity (Wildman–Crippen MR) is 106 cm³/mol. The van der Waals surface area contributed by atoms with Crippen LogP contribution in [0.5, 0.6) is 0 Å². The first-order valence-corrected chi connectivity index (χ1v) is 9.88. The third-order valence-corrected chi connectivity index (χ3v) is 5.07. The number of thiazole rings is 1. The molecule has 1 amide bonds. The Morgan fingerprint density at radius 2 is 1.82 bits per heavy atom. The third-order valence-electron chi connectivity index (χ3n) is 4.00. The molecule has 0 bridgehead atoms. The molecular formula is C19H30N2O6S. The van der Waals surface area contributed by atoms with Gasteiger partial charge in [-0.05, 0) is 33.6 Å². The number of carboxylic acid groups (broad SMARTS) is 1. The van der Waals surface area contributed by atoms with E-state index in [1.165, 1.54) is 23.2 Å². The lowest BCUT2D eigenvalue weighted by atomic mass is 9.96. The lowest BCUT2D eigenvalue weighted by Crippen LogP contribution is -2.44. The number of aromatic nitrogens is 1. The molecule has 2 unspecified atom stereocenters. The maximum Gasteiger partial charge on any atom is 0.410 e. The van der Waals surface area contributed by atoms with Gasteiger partial charge in [-0.25, -0.2) is 14.6 Å². The quantitative estimate of drug-likeness (QED) is 0.671. The van der Waals surface area contributed by atoms with Crippen molar-refractivity contribution in [1.82, 2.24) is 9.88 Å². The molecule has 1 aromatic heterocycles. The molecule has 0 saturated heterocycles. The molecule has 158 valence electrons. The molecule has 1 rings (SSSR count). The van der Waals surface area contributed by atoms with E-state index in [9.17, 15) is 19.5 Å². The highest BCUT2D eigenvalue weighted by Crippen LogP contribution is 2.32. The first-order valence-electron chi connectivity index (χ1n) is 9.06. The summed E-state index contributed by atoms with van der Waals surface area (Å²) in [6.07, 6.45) is -0.958. The van der Waals surface area contributed by atoms with Crippen molar-refractivity contribution >= 4 is 29.4 Å². The first-order chi connectivity index (χ1) is 12.7. The zero-order valence-corrected chi connectivity index (χ0v) is 18.5. The molecule has 0 spiro atoms. The topological polar surface area (TPSA) is 106 Å². The summed E-state index contributed by atoms with van der Waals surface area (Å²) in [6.45, 7) is 12.2. The van der Waals surface area contributed by atoms with Gasteiger partial charge < -0.3 is 19.5 Å². The molecule has 8 nitrogen and oxygen atoms in total. The molecule has 9 heteroatoms. The molecule has 0 aliphatic rings. The Morgan fingerprint density at radius 1 is 1.25 bits per heavy atom. The zero-order valence-electron chi connectivity index (χ0n) is 17.7. The molecule has 1 heterocycles. The van der Waals surface area contributed by atoms with Gasteiger partial charge in [0.25, 0.3) is 0 Å². The highest BCUT2D eigenvalue weighted by molar-refractivity contribution is 7.11. The van der Waals surface area contributed by atoms with Gasteiger partial charge in [0.1, 0.15) is 10.6 Å². The number of hydrogen-bond donors (Lipinski definition) is 1. The minimum Gasteiger partial charge on any atom is -0.476 e. The Kier molecular flexibility index (Phi) is 7.98. The summed E-state index contributed by atoms with van der Waals surface area (Å²) >= 11 is 1.17. The summed E-state index contributed by atoms with van der Waals surface area (Å²) in [4.78, 5) is 41.6. The van der Waals surface area contributed by atoms with Gasteiger partial charge in [-0.15, -0.1) is 11.3 Å². The molecule has 0 aromatic carbocycles. The maximum absolute atomic E-state index is 12.5. The molecule has 2 atom stereocenters. The van der Waals surface area contributed by atoms with E-state index in [1.807, 2.05) is 13.8 Å². The molecule has 0 saturated carbocycles. The van der Waals surface area contributed by atoms with E-state index in [4.69, 9.17) is 9.47 Å². The molecule has 1 aromatic rings. The van der Waals surface area contributed by atoms with E-state index in [1.54, 1.807) is 34.7 Å². The van der Waals surface area contributed by atoms with Gasteiger partial charge in [0.15, 0.2) is 11.8 Å². The molecular weight excluding hydrogens is 384 g/mol. The molecule has 0 aliphatic heterocycles. The van der Waals surface area contributed by atoms with E-state index in [2.05, 4.69) is 4.98 Å². The fraction of sp³-hybridized carbons (Fsp3) is 0.684. The van der Waals surface area contributed by atoms with Crippen molar-refractivity contribution in [2.75, 3.05) is 7.05 Å². The van der Waals surface area contributed by atoms with Crippen molar-refractivity contribution in [1.29, 1.82) is 0 Å². The summed E-state index contributed by atoms with van der Waals surface area (Å²) in [5.74, 6) is -1.60. The van der Waals surface area contributed by atoms with Gasteiger partial charge >= 0.3 is 18.0 Å². The van der Waals surface area contributed by atoms with Crippen LogP contribution in [0, 0.1) is 12.8 Å². The second-order valence-electron chi connectivity index (χ2n) is 8.00. The van der Waals surface area contributed by atoms with Crippen molar-refractivity contribution in [2.45, 2.75) is 72.6 Å². The second-order valence-corrected chi connectivity index (χ2v) is 9.23. The van der Waals surface area contributed by atoms with Crippen LogP contribution < -0.4 is 0 Å². The van der Waals surface area contributed by atoms with Crippen molar-refractivity contribution in [3.63, 3.8) is 0 Å². The number of hydrogen-bond acceptors (Lipinski definition) is 7. The van der Waals surface area contributed by atoms with Crippen LogP contribution in [0.2, 0.25) is 0 Å². The number of amides is 1. The van der Waals surface area contributed by atoms with Crippen LogP contribution >= 0.6 is 11.3 Å². The fourth-order valence-electron chi connectivity index (χ4n) is 2.72. The Bertz CT molecular complexity index is 722. The van der Waals surface area contributed by atoms with Crippen LogP contribution in [0.4, 0.5) is 4.79 Å². The maximum atomic E-state index is 12.5. The smallest absolute Gasteiger partial charge is 0.410 e. The standard InChI is InChI=1S/C19H30N2O6S/c1-10(2)13(21(8)18(25)27-19(5,6)7)9-14(26-12(4)22)16-20-15(17(23)24)11(3)28-16/h10,13-14H,9H2,1-8H3,(H,23,24). The summed E-state index contributed by atoms with van der Waals surface area (Å²) < 4.78 is 10.9. The highest BCUT2D eigenvalue weighted by Gasteiger charge is 2.33. The number of nitrogens with zero attached hydrogens (tertiary/aromatic N) is 2. The Hall–Kier alpha value is -2.16. The van der Waals surface area contributed by atoms with Gasteiger partial charge in [0, 0.05) is 31.3 Å². The largest absolute Gasteiger partial charge is 0.476 e. The summed E-state index contributed by atoms with van der Waals surface area (Å²) in [6, 6.07) is -0.309. The predicted octanol–water partition coefficient (Wildman–Crippen LogP) is 4.04. The van der Waals surface area contributed by atoms with Crippen molar-refractivity contribution in [3.8, 4) is 0 Å². The third kappa shape index (κ3) is 6.78. The number of esters is 1. The average molecular weight is 415 g/mol. The SMILES string of the molecule is CC(=O)OC(CC(C(C)C)N(C)C(=O)OC(C)(C)C)c1nc(C(=O)O)c(C)s1. The minimum absolute atomic E-state index is 0.0376. The van der Waals surface area contributed by atoms with Gasteiger partial charge in [-0.1, -0.05) is 13.8 Å². The Balaban J connectivity index is 3.16. The van der Waals surface area contributed by atoms with Gasteiger partial charge in [-0.3, -0.25) is 4.79 Å². The van der Waals surface area contributed by atoms with Gasteiger partial charge in [0.2, 0.25) is 0 Å². The van der Waals surface area contributed by atoms with Crippen LogP contribution in [0.15, 0.2) is 0 Å². The van der Waals surface area contributed by atoms with E-state index in [-0.39, 0.29) is 24.1 Å². The lowest BCUT2D eigenvalue weighted by molar-refractivity contribution is -0.147. The van der Waals surface area contributed by atoms with Crippen molar-refractivity contribution < 1.29 is 29.0 Å². The number of rotatable bonds is 7. The van der Waals surface area contributed by atoms with E-state index >= 15 is 0 Å². The lowest BCUT2D eigenvalue weighted by Gasteiger charge is -2.34. The number of carbonyl (C=O) groups excluding carboxylic acids is 2. The van der Waals surface area contributed by atoms with E-state index in [0.717, 1.165) is 0 Å². The molecule has 1 N–H and O–H groups in total. The molecule has 0 fully saturated rings.